The van der Waals surface area contributed by atoms with Crippen LogP contribution in [0.25, 0.3) is 0 Å². The summed E-state index contributed by atoms with van der Waals surface area (Å²) in [6.07, 6.45) is -0.281. The Morgan fingerprint density at radius 2 is 1.77 bits per heavy atom. The lowest BCUT2D eigenvalue weighted by molar-refractivity contribution is -0.122. The van der Waals surface area contributed by atoms with Gasteiger partial charge in [0.05, 0.1) is 6.61 Å². The first kappa shape index (κ1) is 20.0. The average Bonchev–Trinajstić information content (AvgIpc) is 2.39. The maximum absolute atomic E-state index is 11.8. The van der Waals surface area contributed by atoms with Gasteiger partial charge in [-0.15, -0.1) is 0 Å². The molecule has 0 heterocycles. The topological polar surface area (TPSA) is 106 Å². The molecule has 0 radical (unpaired) electrons. The van der Waals surface area contributed by atoms with Crippen molar-refractivity contribution in [1.82, 2.24) is 16.0 Å². The molecule has 0 spiro atoms. The van der Waals surface area contributed by atoms with Crippen molar-refractivity contribution in [1.29, 1.82) is 0 Å². The molecule has 8 nitrogen and oxygen atoms in total. The molecule has 8 heteroatoms. The van der Waals surface area contributed by atoms with E-state index in [-0.39, 0.29) is 5.91 Å². The molecule has 0 aliphatic rings. The van der Waals surface area contributed by atoms with Gasteiger partial charge in [0.25, 0.3) is 0 Å². The van der Waals surface area contributed by atoms with Gasteiger partial charge >= 0.3 is 12.2 Å². The first-order valence-electron chi connectivity index (χ1n) is 7.31. The van der Waals surface area contributed by atoms with Crippen molar-refractivity contribution in [2.45, 2.75) is 52.2 Å². The van der Waals surface area contributed by atoms with Gasteiger partial charge in [-0.2, -0.15) is 0 Å². The zero-order valence-electron chi connectivity index (χ0n) is 13.9. The summed E-state index contributed by atoms with van der Waals surface area (Å²) in [5.74, 6) is -0.318. The van der Waals surface area contributed by atoms with E-state index >= 15 is 0 Å². The second kappa shape index (κ2) is 9.86. The molecule has 0 aliphatic heterocycles. The largest absolute Gasteiger partial charge is 0.450 e. The standard InChI is InChI=1S/C14H27N3O5/c1-6-21-12(19)16-9-7-8-10(11(18)15-5)17-13(20)22-14(2,3)4/h10H,6-9H2,1-5H3,(H,15,18)(H,16,19)(H,17,20)/t10-/m1/s1. The Morgan fingerprint density at radius 1 is 1.14 bits per heavy atom. The van der Waals surface area contributed by atoms with Crippen molar-refractivity contribution in [2.24, 2.45) is 0 Å². The number of amides is 3. The molecule has 0 saturated carbocycles. The van der Waals surface area contributed by atoms with Crippen LogP contribution in [0, 0.1) is 0 Å². The van der Waals surface area contributed by atoms with E-state index in [1.807, 2.05) is 0 Å². The summed E-state index contributed by atoms with van der Waals surface area (Å²) in [6.45, 7) is 7.58. The summed E-state index contributed by atoms with van der Waals surface area (Å²) in [6, 6.07) is -0.719. The molecule has 0 bridgehead atoms. The van der Waals surface area contributed by atoms with E-state index in [0.717, 1.165) is 0 Å². The second-order valence-corrected chi connectivity index (χ2v) is 5.60. The number of nitrogens with one attached hydrogen (secondary N) is 3. The molecule has 0 saturated heterocycles. The fraction of sp³-hybridized carbons (Fsp3) is 0.786. The monoisotopic (exact) mass is 317 g/mol. The summed E-state index contributed by atoms with van der Waals surface area (Å²) in [5, 5.41) is 7.55. The van der Waals surface area contributed by atoms with E-state index < -0.39 is 23.8 Å². The molecule has 3 amide bonds. The number of likely N-dealkylation sites (N-methyl/N-ethyl adjacent to an activating group) is 1. The van der Waals surface area contributed by atoms with Gasteiger partial charge in [-0.3, -0.25) is 4.79 Å². The van der Waals surface area contributed by atoms with Crippen molar-refractivity contribution < 1.29 is 23.9 Å². The van der Waals surface area contributed by atoms with Crippen LogP contribution < -0.4 is 16.0 Å². The van der Waals surface area contributed by atoms with Crippen LogP contribution >= 0.6 is 0 Å². The van der Waals surface area contributed by atoms with Crippen molar-refractivity contribution in [3.05, 3.63) is 0 Å². The average molecular weight is 317 g/mol. The third-order valence-corrected chi connectivity index (χ3v) is 2.47. The minimum absolute atomic E-state index is 0.299. The Balaban J connectivity index is 4.27. The lowest BCUT2D eigenvalue weighted by Crippen LogP contribution is -2.47. The fourth-order valence-electron chi connectivity index (χ4n) is 1.57. The van der Waals surface area contributed by atoms with Crippen LogP contribution in [-0.2, 0) is 14.3 Å². The fourth-order valence-corrected chi connectivity index (χ4v) is 1.57. The molecule has 128 valence electrons. The molecule has 1 atom stereocenters. The van der Waals surface area contributed by atoms with Gasteiger partial charge in [0.15, 0.2) is 0 Å². The summed E-state index contributed by atoms with van der Waals surface area (Å²) < 4.78 is 9.84. The van der Waals surface area contributed by atoms with E-state index in [2.05, 4.69) is 16.0 Å². The summed E-state index contributed by atoms with van der Waals surface area (Å²) in [5.41, 5.74) is -0.636. The molecular formula is C14H27N3O5. The number of alkyl carbamates (subject to hydrolysis) is 2. The normalized spacial score (nSPS) is 12.0. The number of carbonyl (C=O) groups is 3. The van der Waals surface area contributed by atoms with Gasteiger partial charge in [0.2, 0.25) is 5.91 Å². The smallest absolute Gasteiger partial charge is 0.408 e. The third-order valence-electron chi connectivity index (χ3n) is 2.47. The molecule has 0 aromatic carbocycles. The van der Waals surface area contributed by atoms with E-state index in [4.69, 9.17) is 9.47 Å². The first-order valence-corrected chi connectivity index (χ1v) is 7.31. The predicted molar refractivity (Wildman–Crippen MR) is 81.5 cm³/mol. The van der Waals surface area contributed by atoms with Crippen LogP contribution in [0.5, 0.6) is 0 Å². The van der Waals surface area contributed by atoms with Crippen LogP contribution in [0.2, 0.25) is 0 Å². The highest BCUT2D eigenvalue weighted by Crippen LogP contribution is 2.07. The van der Waals surface area contributed by atoms with Crippen molar-refractivity contribution in [3.8, 4) is 0 Å². The van der Waals surface area contributed by atoms with Gasteiger partial charge in [0, 0.05) is 13.6 Å². The van der Waals surface area contributed by atoms with Crippen LogP contribution in [0.15, 0.2) is 0 Å². The predicted octanol–water partition coefficient (Wildman–Crippen LogP) is 1.15. The summed E-state index contributed by atoms with van der Waals surface area (Å²) >= 11 is 0. The molecular weight excluding hydrogens is 290 g/mol. The van der Waals surface area contributed by atoms with Gasteiger partial charge in [-0.1, -0.05) is 0 Å². The Kier molecular flexibility index (Phi) is 8.97. The van der Waals surface area contributed by atoms with Crippen LogP contribution in [-0.4, -0.2) is 49.9 Å². The third kappa shape index (κ3) is 9.84. The highest BCUT2D eigenvalue weighted by molar-refractivity contribution is 5.85. The van der Waals surface area contributed by atoms with E-state index in [0.29, 0.717) is 26.0 Å². The maximum Gasteiger partial charge on any atom is 0.408 e. The Bertz CT molecular complexity index is 379. The SMILES string of the molecule is CCOC(=O)NCCC[C@@H](NC(=O)OC(C)(C)C)C(=O)NC. The van der Waals surface area contributed by atoms with E-state index in [1.165, 1.54) is 7.05 Å². The Labute approximate surface area is 131 Å². The zero-order chi connectivity index (χ0) is 17.2. The molecule has 22 heavy (non-hydrogen) atoms. The second-order valence-electron chi connectivity index (χ2n) is 5.60. The van der Waals surface area contributed by atoms with Gasteiger partial charge < -0.3 is 25.4 Å². The van der Waals surface area contributed by atoms with Gasteiger partial charge in [0.1, 0.15) is 11.6 Å². The highest BCUT2D eigenvalue weighted by Gasteiger charge is 2.23. The number of hydrogen-bond donors (Lipinski definition) is 3. The maximum atomic E-state index is 11.8. The van der Waals surface area contributed by atoms with Crippen molar-refractivity contribution in [3.63, 3.8) is 0 Å². The lowest BCUT2D eigenvalue weighted by Gasteiger charge is -2.23. The minimum Gasteiger partial charge on any atom is -0.450 e. The van der Waals surface area contributed by atoms with E-state index in [1.54, 1.807) is 27.7 Å². The Morgan fingerprint density at radius 3 is 2.27 bits per heavy atom. The zero-order valence-corrected chi connectivity index (χ0v) is 13.9. The molecule has 0 aliphatic carbocycles. The number of rotatable bonds is 7. The molecule has 0 aromatic heterocycles. The van der Waals surface area contributed by atoms with Gasteiger partial charge in [-0.25, -0.2) is 9.59 Å². The van der Waals surface area contributed by atoms with Crippen LogP contribution in [0.3, 0.4) is 0 Å². The molecule has 0 fully saturated rings. The Hall–Kier alpha value is -1.99. The molecule has 0 rings (SSSR count). The van der Waals surface area contributed by atoms with Crippen molar-refractivity contribution in [2.75, 3.05) is 20.2 Å². The highest BCUT2D eigenvalue weighted by atomic mass is 16.6. The summed E-state index contributed by atoms with van der Waals surface area (Å²) in [7, 11) is 1.49. The van der Waals surface area contributed by atoms with Crippen LogP contribution in [0.4, 0.5) is 9.59 Å². The van der Waals surface area contributed by atoms with Crippen molar-refractivity contribution >= 4 is 18.1 Å². The number of hydrogen-bond acceptors (Lipinski definition) is 5. The lowest BCUT2D eigenvalue weighted by atomic mass is 10.1. The summed E-state index contributed by atoms with van der Waals surface area (Å²) in [4.78, 5) is 34.6. The molecule has 3 N–H and O–H groups in total. The van der Waals surface area contributed by atoms with Crippen LogP contribution in [0.1, 0.15) is 40.5 Å². The number of carbonyl (C=O) groups excluding carboxylic acids is 3. The minimum atomic E-state index is -0.719. The first-order chi connectivity index (χ1) is 10.2. The molecule has 0 aromatic rings. The molecule has 0 unspecified atom stereocenters. The van der Waals surface area contributed by atoms with Gasteiger partial charge in [-0.05, 0) is 40.5 Å². The quantitative estimate of drug-likeness (QED) is 0.611. The number of ether oxygens (including phenoxy) is 2. The van der Waals surface area contributed by atoms with E-state index in [9.17, 15) is 14.4 Å².